The number of amidine groups is 1. The fourth-order valence-electron chi connectivity index (χ4n) is 3.40. The Bertz CT molecular complexity index is 582. The number of nitrogens with zero attached hydrogens (tertiary/aromatic N) is 2. The standard InChI is InChI=1S/C18H26N2O.ClH/c1-13(2)9-10-18(21)14-7-5-6-8-15(14)20-12-17(3,4)11-19-16(18)20;/h5-8,13,21H,9-12H2,1-4H3;1H. The number of fused-ring (bicyclic) bond motifs is 3. The Kier molecular flexibility index (Phi) is 4.61. The van der Waals surface area contributed by atoms with Gasteiger partial charge in [-0.3, -0.25) is 4.99 Å². The molecule has 1 atom stereocenters. The molecule has 0 amide bonds. The second-order valence-electron chi connectivity index (χ2n) is 7.70. The van der Waals surface area contributed by atoms with E-state index in [2.05, 4.69) is 44.7 Å². The molecule has 122 valence electrons. The van der Waals surface area contributed by atoms with E-state index in [1.54, 1.807) is 0 Å². The third kappa shape index (κ3) is 2.77. The molecular formula is C18H27ClN2O. The Morgan fingerprint density at radius 2 is 1.95 bits per heavy atom. The van der Waals surface area contributed by atoms with Gasteiger partial charge in [-0.2, -0.15) is 0 Å². The van der Waals surface area contributed by atoms with Crippen LogP contribution in [0.15, 0.2) is 29.3 Å². The summed E-state index contributed by atoms with van der Waals surface area (Å²) in [6, 6.07) is 8.23. The fraction of sp³-hybridized carbons (Fsp3) is 0.611. The molecule has 22 heavy (non-hydrogen) atoms. The van der Waals surface area contributed by atoms with Crippen molar-refractivity contribution in [1.29, 1.82) is 0 Å². The number of para-hydroxylation sites is 1. The van der Waals surface area contributed by atoms with Crippen LogP contribution in [0.5, 0.6) is 0 Å². The average Bonchev–Trinajstić information content (AvgIpc) is 2.66. The first-order valence-electron chi connectivity index (χ1n) is 7.98. The normalized spacial score (nSPS) is 25.4. The van der Waals surface area contributed by atoms with Gasteiger partial charge < -0.3 is 10.0 Å². The maximum absolute atomic E-state index is 11.4. The van der Waals surface area contributed by atoms with Crippen LogP contribution < -0.4 is 4.90 Å². The number of benzene rings is 1. The Labute approximate surface area is 139 Å². The molecule has 1 unspecified atom stereocenters. The first kappa shape index (κ1) is 17.3. The number of rotatable bonds is 3. The Balaban J connectivity index is 0.00000176. The van der Waals surface area contributed by atoms with Crippen LogP contribution in [-0.2, 0) is 5.60 Å². The Morgan fingerprint density at radius 3 is 2.64 bits per heavy atom. The number of hydrogen-bond donors (Lipinski definition) is 1. The second kappa shape index (κ2) is 5.86. The molecule has 0 spiro atoms. The quantitative estimate of drug-likeness (QED) is 0.913. The summed E-state index contributed by atoms with van der Waals surface area (Å²) in [4.78, 5) is 7.02. The van der Waals surface area contributed by atoms with Crippen molar-refractivity contribution in [2.75, 3.05) is 18.0 Å². The minimum Gasteiger partial charge on any atom is -0.377 e. The topological polar surface area (TPSA) is 35.8 Å². The zero-order chi connectivity index (χ0) is 15.3. The van der Waals surface area contributed by atoms with Gasteiger partial charge >= 0.3 is 0 Å². The molecule has 1 N–H and O–H groups in total. The predicted octanol–water partition coefficient (Wildman–Crippen LogP) is 3.99. The van der Waals surface area contributed by atoms with Gasteiger partial charge in [-0.25, -0.2) is 0 Å². The highest BCUT2D eigenvalue weighted by atomic mass is 35.5. The lowest BCUT2D eigenvalue weighted by atomic mass is 9.86. The highest BCUT2D eigenvalue weighted by Crippen LogP contribution is 2.46. The monoisotopic (exact) mass is 322 g/mol. The Hall–Kier alpha value is -1.06. The SMILES string of the molecule is CC(C)CCC1(O)C2=NCC(C)(C)CN2c2ccccc21.Cl. The third-order valence-electron chi connectivity index (χ3n) is 4.59. The average molecular weight is 323 g/mol. The van der Waals surface area contributed by atoms with E-state index in [4.69, 9.17) is 4.99 Å². The summed E-state index contributed by atoms with van der Waals surface area (Å²) in [5, 5.41) is 11.4. The first-order chi connectivity index (χ1) is 9.83. The number of anilines is 1. The van der Waals surface area contributed by atoms with Gasteiger partial charge in [0.2, 0.25) is 0 Å². The van der Waals surface area contributed by atoms with Gasteiger partial charge in [-0.05, 0) is 24.8 Å². The lowest BCUT2D eigenvalue weighted by molar-refractivity contribution is 0.0960. The summed E-state index contributed by atoms with van der Waals surface area (Å²) < 4.78 is 0. The van der Waals surface area contributed by atoms with Gasteiger partial charge in [-0.1, -0.05) is 45.9 Å². The second-order valence-corrected chi connectivity index (χ2v) is 7.70. The van der Waals surface area contributed by atoms with E-state index in [-0.39, 0.29) is 17.8 Å². The summed E-state index contributed by atoms with van der Waals surface area (Å²) >= 11 is 0. The molecule has 1 aromatic rings. The summed E-state index contributed by atoms with van der Waals surface area (Å²) in [7, 11) is 0. The van der Waals surface area contributed by atoms with Crippen molar-refractivity contribution >= 4 is 23.9 Å². The molecule has 0 aromatic heterocycles. The van der Waals surface area contributed by atoms with Crippen LogP contribution in [0.25, 0.3) is 0 Å². The van der Waals surface area contributed by atoms with Gasteiger partial charge in [-0.15, -0.1) is 12.4 Å². The molecular weight excluding hydrogens is 296 g/mol. The molecule has 0 radical (unpaired) electrons. The van der Waals surface area contributed by atoms with Crippen LogP contribution >= 0.6 is 12.4 Å². The number of aliphatic imine (C=N–C) groups is 1. The first-order valence-corrected chi connectivity index (χ1v) is 7.98. The van der Waals surface area contributed by atoms with Gasteiger partial charge in [0.25, 0.3) is 0 Å². The van der Waals surface area contributed by atoms with Crippen LogP contribution in [-0.4, -0.2) is 24.0 Å². The summed E-state index contributed by atoms with van der Waals surface area (Å²) in [5.74, 6) is 1.44. The van der Waals surface area contributed by atoms with Crippen molar-refractivity contribution in [2.24, 2.45) is 16.3 Å². The van der Waals surface area contributed by atoms with Gasteiger partial charge in [0, 0.05) is 29.8 Å². The fourth-order valence-corrected chi connectivity index (χ4v) is 3.40. The highest BCUT2D eigenvalue weighted by Gasteiger charge is 2.49. The molecule has 3 rings (SSSR count). The minimum atomic E-state index is -0.905. The van der Waals surface area contributed by atoms with Crippen molar-refractivity contribution in [2.45, 2.75) is 46.1 Å². The number of hydrogen-bond acceptors (Lipinski definition) is 3. The van der Waals surface area contributed by atoms with E-state index in [1.165, 1.54) is 0 Å². The third-order valence-corrected chi connectivity index (χ3v) is 4.59. The summed E-state index contributed by atoms with van der Waals surface area (Å²) in [5.41, 5.74) is 1.41. The molecule has 0 aliphatic carbocycles. The summed E-state index contributed by atoms with van der Waals surface area (Å²) in [6.07, 6.45) is 1.75. The van der Waals surface area contributed by atoms with Crippen molar-refractivity contribution in [1.82, 2.24) is 0 Å². The lowest BCUT2D eigenvalue weighted by Crippen LogP contribution is -2.49. The molecule has 4 heteroatoms. The lowest BCUT2D eigenvalue weighted by Gasteiger charge is -2.38. The molecule has 2 aliphatic heterocycles. The molecule has 3 nitrogen and oxygen atoms in total. The number of halogens is 1. The van der Waals surface area contributed by atoms with Crippen LogP contribution in [0.4, 0.5) is 5.69 Å². The van der Waals surface area contributed by atoms with Crippen molar-refractivity contribution in [3.8, 4) is 0 Å². The molecule has 0 fully saturated rings. The smallest absolute Gasteiger partial charge is 0.149 e. The maximum Gasteiger partial charge on any atom is 0.149 e. The molecule has 1 aromatic carbocycles. The van der Waals surface area contributed by atoms with Crippen molar-refractivity contribution < 1.29 is 5.11 Å². The van der Waals surface area contributed by atoms with E-state index in [1.807, 2.05) is 12.1 Å². The van der Waals surface area contributed by atoms with Gasteiger partial charge in [0.1, 0.15) is 11.4 Å². The predicted molar refractivity (Wildman–Crippen MR) is 95.1 cm³/mol. The molecule has 0 bridgehead atoms. The maximum atomic E-state index is 11.4. The van der Waals surface area contributed by atoms with Crippen molar-refractivity contribution in [3.05, 3.63) is 29.8 Å². The van der Waals surface area contributed by atoms with Crippen molar-refractivity contribution in [3.63, 3.8) is 0 Å². The molecule has 2 aliphatic rings. The molecule has 0 saturated heterocycles. The van der Waals surface area contributed by atoms with E-state index in [0.717, 1.165) is 43.0 Å². The van der Waals surface area contributed by atoms with Gasteiger partial charge in [0.15, 0.2) is 0 Å². The number of aliphatic hydroxyl groups is 1. The van der Waals surface area contributed by atoms with E-state index in [9.17, 15) is 5.11 Å². The van der Waals surface area contributed by atoms with Crippen LogP contribution in [0, 0.1) is 11.3 Å². The van der Waals surface area contributed by atoms with E-state index < -0.39 is 5.60 Å². The largest absolute Gasteiger partial charge is 0.377 e. The minimum absolute atomic E-state index is 0. The molecule has 0 saturated carbocycles. The zero-order valence-electron chi connectivity index (χ0n) is 14.0. The van der Waals surface area contributed by atoms with Gasteiger partial charge in [0.05, 0.1) is 0 Å². The van der Waals surface area contributed by atoms with E-state index in [0.29, 0.717) is 5.92 Å². The Morgan fingerprint density at radius 1 is 1.27 bits per heavy atom. The molecule has 2 heterocycles. The van der Waals surface area contributed by atoms with Crippen LogP contribution in [0.1, 0.15) is 46.1 Å². The van der Waals surface area contributed by atoms with E-state index >= 15 is 0 Å². The van der Waals surface area contributed by atoms with Crippen LogP contribution in [0.3, 0.4) is 0 Å². The van der Waals surface area contributed by atoms with Crippen LogP contribution in [0.2, 0.25) is 0 Å². The highest BCUT2D eigenvalue weighted by molar-refractivity contribution is 6.10. The zero-order valence-corrected chi connectivity index (χ0v) is 14.8. The summed E-state index contributed by atoms with van der Waals surface area (Å²) in [6.45, 7) is 10.6.